The van der Waals surface area contributed by atoms with Gasteiger partial charge in [0, 0.05) is 46.2 Å². The van der Waals surface area contributed by atoms with Gasteiger partial charge in [0.05, 0.1) is 27.3 Å². The van der Waals surface area contributed by atoms with Gasteiger partial charge in [-0.1, -0.05) is 0 Å². The minimum absolute atomic E-state index is 0.0551. The third kappa shape index (κ3) is 3.95. The van der Waals surface area contributed by atoms with Gasteiger partial charge < -0.3 is 9.47 Å². The second-order valence-corrected chi connectivity index (χ2v) is 9.98. The molecule has 0 fully saturated rings. The molecule has 0 spiro atoms. The van der Waals surface area contributed by atoms with Crippen LogP contribution in [0.15, 0.2) is 41.4 Å². The maximum Gasteiger partial charge on any atom is 0.242 e. The van der Waals surface area contributed by atoms with Crippen molar-refractivity contribution in [2.75, 3.05) is 25.5 Å². The lowest BCUT2D eigenvalue weighted by Crippen LogP contribution is -2.36. The van der Waals surface area contributed by atoms with Crippen molar-refractivity contribution < 1.29 is 13.2 Å². The molecule has 3 aromatic rings. The Hall–Kier alpha value is -2.78. The molecule has 9 heteroatoms. The van der Waals surface area contributed by atoms with Crippen LogP contribution in [0.3, 0.4) is 0 Å². The maximum atomic E-state index is 13.0. The molecule has 8 nitrogen and oxygen atoms in total. The summed E-state index contributed by atoms with van der Waals surface area (Å²) >= 11 is 0. The summed E-state index contributed by atoms with van der Waals surface area (Å²) in [5.74, 6) is 0.841. The number of amides is 1. The van der Waals surface area contributed by atoms with Crippen LogP contribution in [0.1, 0.15) is 31.3 Å². The summed E-state index contributed by atoms with van der Waals surface area (Å²) in [5.41, 5.74) is 3.37. The number of aryl methyl sites for hydroxylation is 3. The number of carbonyl (C=O) groups excluding carboxylic acids is 1. The van der Waals surface area contributed by atoms with Gasteiger partial charge in [-0.25, -0.2) is 17.7 Å². The average Bonchev–Trinajstić information content (AvgIpc) is 3.13. The van der Waals surface area contributed by atoms with Crippen molar-refractivity contribution in [3.05, 3.63) is 48.0 Å². The molecular weight excluding hydrogens is 414 g/mol. The quantitative estimate of drug-likeness (QED) is 0.587. The highest BCUT2D eigenvalue weighted by Gasteiger charge is 2.24. The lowest BCUT2D eigenvalue weighted by molar-refractivity contribution is -0.118. The number of sulfonamides is 1. The van der Waals surface area contributed by atoms with Gasteiger partial charge in [0.25, 0.3) is 0 Å². The molecule has 1 aliphatic rings. The van der Waals surface area contributed by atoms with Crippen LogP contribution in [0.25, 0.3) is 11.0 Å². The Morgan fingerprint density at radius 1 is 1.23 bits per heavy atom. The van der Waals surface area contributed by atoms with Gasteiger partial charge in [-0.3, -0.25) is 9.78 Å². The zero-order valence-corrected chi connectivity index (χ0v) is 18.9. The molecule has 0 radical (unpaired) electrons. The first-order valence-corrected chi connectivity index (χ1v) is 11.9. The Morgan fingerprint density at radius 3 is 2.77 bits per heavy atom. The zero-order chi connectivity index (χ0) is 22.2. The van der Waals surface area contributed by atoms with Crippen LogP contribution < -0.4 is 4.90 Å². The second kappa shape index (κ2) is 8.39. The second-order valence-electron chi connectivity index (χ2n) is 7.83. The molecule has 2 aromatic heterocycles. The van der Waals surface area contributed by atoms with Crippen LogP contribution in [0.2, 0.25) is 0 Å². The van der Waals surface area contributed by atoms with E-state index in [0.717, 1.165) is 35.6 Å². The van der Waals surface area contributed by atoms with Crippen LogP contribution >= 0.6 is 0 Å². The van der Waals surface area contributed by atoms with E-state index in [-0.39, 0.29) is 10.8 Å². The number of hydrogen-bond donors (Lipinski definition) is 0. The SMILES string of the molecule is CCn1c(CCC(=O)N2CCCc3ncccc32)nc2cc(S(=O)(=O)N(C)C)ccc21. The van der Waals surface area contributed by atoms with E-state index in [4.69, 9.17) is 0 Å². The highest BCUT2D eigenvalue weighted by molar-refractivity contribution is 7.89. The number of pyridine rings is 1. The molecule has 0 saturated heterocycles. The highest BCUT2D eigenvalue weighted by Crippen LogP contribution is 2.26. The number of imidazole rings is 1. The number of fused-ring (bicyclic) bond motifs is 2. The summed E-state index contributed by atoms with van der Waals surface area (Å²) in [6.45, 7) is 3.41. The monoisotopic (exact) mass is 441 g/mol. The van der Waals surface area contributed by atoms with E-state index in [1.165, 1.54) is 18.4 Å². The van der Waals surface area contributed by atoms with Crippen molar-refractivity contribution in [1.82, 2.24) is 18.8 Å². The molecule has 0 atom stereocenters. The topological polar surface area (TPSA) is 88.4 Å². The third-order valence-electron chi connectivity index (χ3n) is 5.71. The number of benzene rings is 1. The minimum atomic E-state index is -3.53. The van der Waals surface area contributed by atoms with Crippen LogP contribution in [0.4, 0.5) is 5.69 Å². The fourth-order valence-corrected chi connectivity index (χ4v) is 5.00. The van der Waals surface area contributed by atoms with Crippen molar-refractivity contribution in [1.29, 1.82) is 0 Å². The Morgan fingerprint density at radius 2 is 2.03 bits per heavy atom. The van der Waals surface area contributed by atoms with E-state index in [9.17, 15) is 13.2 Å². The van der Waals surface area contributed by atoms with E-state index < -0.39 is 10.0 Å². The summed E-state index contributed by atoms with van der Waals surface area (Å²) in [5, 5.41) is 0. The smallest absolute Gasteiger partial charge is 0.242 e. The zero-order valence-electron chi connectivity index (χ0n) is 18.1. The maximum absolute atomic E-state index is 13.0. The number of aromatic nitrogens is 3. The first-order chi connectivity index (χ1) is 14.8. The number of rotatable bonds is 6. The minimum Gasteiger partial charge on any atom is -0.328 e. The Bertz CT molecular complexity index is 1230. The summed E-state index contributed by atoms with van der Waals surface area (Å²) < 4.78 is 28.2. The molecule has 0 aliphatic carbocycles. The largest absolute Gasteiger partial charge is 0.328 e. The summed E-state index contributed by atoms with van der Waals surface area (Å²) in [7, 11) is -0.511. The van der Waals surface area contributed by atoms with Crippen molar-refractivity contribution in [2.45, 2.75) is 44.0 Å². The first kappa shape index (κ1) is 21.5. The Kier molecular flexibility index (Phi) is 5.81. The molecule has 164 valence electrons. The molecule has 0 N–H and O–H groups in total. The van der Waals surface area contributed by atoms with Gasteiger partial charge in [-0.2, -0.15) is 0 Å². The normalized spacial score (nSPS) is 14.3. The van der Waals surface area contributed by atoms with E-state index in [2.05, 4.69) is 9.97 Å². The van der Waals surface area contributed by atoms with Gasteiger partial charge >= 0.3 is 0 Å². The van der Waals surface area contributed by atoms with Crippen LogP contribution in [-0.4, -0.2) is 53.8 Å². The van der Waals surface area contributed by atoms with Crippen LogP contribution in [-0.2, 0) is 34.2 Å². The van der Waals surface area contributed by atoms with E-state index in [0.29, 0.717) is 31.4 Å². The third-order valence-corrected chi connectivity index (χ3v) is 7.52. The van der Waals surface area contributed by atoms with E-state index >= 15 is 0 Å². The van der Waals surface area contributed by atoms with Crippen molar-refractivity contribution in [3.8, 4) is 0 Å². The highest BCUT2D eigenvalue weighted by atomic mass is 32.2. The van der Waals surface area contributed by atoms with Gasteiger partial charge in [0.15, 0.2) is 0 Å². The molecule has 1 aromatic carbocycles. The molecule has 0 bridgehead atoms. The number of hydrogen-bond acceptors (Lipinski definition) is 5. The molecule has 4 rings (SSSR count). The molecule has 1 aliphatic heterocycles. The molecule has 0 saturated carbocycles. The van der Waals surface area contributed by atoms with E-state index in [1.807, 2.05) is 28.5 Å². The van der Waals surface area contributed by atoms with Gasteiger partial charge in [0.2, 0.25) is 15.9 Å². The predicted molar refractivity (Wildman–Crippen MR) is 120 cm³/mol. The van der Waals surface area contributed by atoms with Gasteiger partial charge in [-0.05, 0) is 50.1 Å². The van der Waals surface area contributed by atoms with Crippen LogP contribution in [0, 0.1) is 0 Å². The number of nitrogens with zero attached hydrogens (tertiary/aromatic N) is 5. The molecule has 0 unspecified atom stereocenters. The summed E-state index contributed by atoms with van der Waals surface area (Å²) in [4.78, 5) is 24.1. The van der Waals surface area contributed by atoms with Crippen LogP contribution in [0.5, 0.6) is 0 Å². The Balaban J connectivity index is 1.58. The van der Waals surface area contributed by atoms with E-state index in [1.54, 1.807) is 24.4 Å². The number of carbonyl (C=O) groups is 1. The van der Waals surface area contributed by atoms with Crippen molar-refractivity contribution >= 4 is 32.7 Å². The van der Waals surface area contributed by atoms with Gasteiger partial charge in [0.1, 0.15) is 5.82 Å². The fourth-order valence-electron chi connectivity index (χ4n) is 4.08. The van der Waals surface area contributed by atoms with Gasteiger partial charge in [-0.15, -0.1) is 0 Å². The van der Waals surface area contributed by atoms with Crippen molar-refractivity contribution in [3.63, 3.8) is 0 Å². The number of anilines is 1. The standard InChI is InChI=1S/C22H27N5O3S/c1-4-26-20-10-9-16(31(29,30)25(2)3)15-18(20)24-21(26)11-12-22(28)27-14-6-7-17-19(27)8-5-13-23-17/h5,8-10,13,15H,4,6-7,11-12,14H2,1-3H3. The summed E-state index contributed by atoms with van der Waals surface area (Å²) in [6, 6.07) is 8.82. The lowest BCUT2D eigenvalue weighted by atomic mass is 10.1. The Labute approximate surface area is 182 Å². The molecule has 3 heterocycles. The molecular formula is C22H27N5O3S. The molecule has 1 amide bonds. The average molecular weight is 442 g/mol. The fraction of sp³-hybridized carbons (Fsp3) is 0.409. The molecule has 31 heavy (non-hydrogen) atoms. The predicted octanol–water partition coefficient (Wildman–Crippen LogP) is 2.61. The van der Waals surface area contributed by atoms with Crippen molar-refractivity contribution in [2.24, 2.45) is 0 Å². The summed E-state index contributed by atoms with van der Waals surface area (Å²) in [6.07, 6.45) is 4.39. The first-order valence-electron chi connectivity index (χ1n) is 10.5. The lowest BCUT2D eigenvalue weighted by Gasteiger charge is -2.28.